The number of morpholine rings is 1. The summed E-state index contributed by atoms with van der Waals surface area (Å²) in [6.45, 7) is 2.83. The second kappa shape index (κ2) is 7.08. The van der Waals surface area contributed by atoms with Crippen LogP contribution in [0.1, 0.15) is 0 Å². The van der Waals surface area contributed by atoms with E-state index in [1.54, 1.807) is 6.08 Å². The van der Waals surface area contributed by atoms with Crippen molar-refractivity contribution in [3.8, 4) is 0 Å². The standard InChI is InChI=1S/C10H15FN2O3/c11-4-3-10(13(14)15)2-1-5-12-6-8-16-9-7-12/h1-3H,4-9H2/b2-1-,10-3+. The molecule has 0 unspecified atom stereocenters. The number of hydrogen-bond donors (Lipinski definition) is 0. The van der Waals surface area contributed by atoms with Crippen molar-refractivity contribution in [3.63, 3.8) is 0 Å². The van der Waals surface area contributed by atoms with Gasteiger partial charge in [0.2, 0.25) is 0 Å². The van der Waals surface area contributed by atoms with Gasteiger partial charge in [-0.15, -0.1) is 0 Å². The molecule has 0 aliphatic carbocycles. The Morgan fingerprint density at radius 3 is 2.75 bits per heavy atom. The molecule has 1 saturated heterocycles. The smallest absolute Gasteiger partial charge is 0.267 e. The minimum atomic E-state index is -0.821. The van der Waals surface area contributed by atoms with Crippen LogP contribution in [0.4, 0.5) is 4.39 Å². The molecule has 0 N–H and O–H groups in total. The Hall–Kier alpha value is -1.27. The Morgan fingerprint density at radius 2 is 2.19 bits per heavy atom. The summed E-state index contributed by atoms with van der Waals surface area (Å²) in [5, 5.41) is 10.5. The second-order valence-electron chi connectivity index (χ2n) is 3.36. The molecular weight excluding hydrogens is 215 g/mol. The van der Waals surface area contributed by atoms with E-state index >= 15 is 0 Å². The molecule has 0 atom stereocenters. The average Bonchev–Trinajstić information content (AvgIpc) is 2.29. The molecule has 1 heterocycles. The summed E-state index contributed by atoms with van der Waals surface area (Å²) in [4.78, 5) is 12.0. The summed E-state index contributed by atoms with van der Waals surface area (Å²) in [5.74, 6) is 0. The molecule has 0 aromatic rings. The minimum absolute atomic E-state index is 0.198. The molecule has 0 spiro atoms. The molecule has 16 heavy (non-hydrogen) atoms. The zero-order valence-electron chi connectivity index (χ0n) is 8.97. The molecule has 0 radical (unpaired) electrons. The van der Waals surface area contributed by atoms with E-state index in [9.17, 15) is 14.5 Å². The molecule has 1 fully saturated rings. The molecule has 0 saturated carbocycles. The zero-order valence-corrected chi connectivity index (χ0v) is 8.97. The van der Waals surface area contributed by atoms with E-state index in [0.717, 1.165) is 19.2 Å². The first-order chi connectivity index (χ1) is 7.74. The number of rotatable bonds is 5. The average molecular weight is 230 g/mol. The third kappa shape index (κ3) is 4.50. The first-order valence-electron chi connectivity index (χ1n) is 5.11. The third-order valence-electron chi connectivity index (χ3n) is 2.25. The molecule has 1 aliphatic heterocycles. The molecule has 0 aromatic carbocycles. The maximum atomic E-state index is 11.9. The summed E-state index contributed by atoms with van der Waals surface area (Å²) >= 11 is 0. The van der Waals surface area contributed by atoms with Gasteiger partial charge in [-0.3, -0.25) is 15.0 Å². The van der Waals surface area contributed by atoms with E-state index in [1.165, 1.54) is 6.08 Å². The summed E-state index contributed by atoms with van der Waals surface area (Å²) in [6, 6.07) is 0. The van der Waals surface area contributed by atoms with Gasteiger partial charge >= 0.3 is 0 Å². The lowest BCUT2D eigenvalue weighted by molar-refractivity contribution is -0.419. The van der Waals surface area contributed by atoms with Crippen LogP contribution in [-0.4, -0.2) is 49.3 Å². The fraction of sp³-hybridized carbons (Fsp3) is 0.600. The fourth-order valence-electron chi connectivity index (χ4n) is 1.39. The van der Waals surface area contributed by atoms with Crippen LogP contribution in [0.15, 0.2) is 23.9 Å². The summed E-state index contributed by atoms with van der Waals surface area (Å²) in [6.07, 6.45) is 3.97. The summed E-state index contributed by atoms with van der Waals surface area (Å²) < 4.78 is 17.1. The molecule has 0 amide bonds. The number of ether oxygens (including phenoxy) is 1. The monoisotopic (exact) mass is 230 g/mol. The molecule has 5 nitrogen and oxygen atoms in total. The first-order valence-corrected chi connectivity index (χ1v) is 5.11. The number of allylic oxidation sites excluding steroid dienone is 2. The largest absolute Gasteiger partial charge is 0.379 e. The van der Waals surface area contributed by atoms with Crippen LogP contribution < -0.4 is 0 Å². The lowest BCUT2D eigenvalue weighted by Gasteiger charge is -2.24. The topological polar surface area (TPSA) is 55.6 Å². The van der Waals surface area contributed by atoms with Crippen LogP contribution in [0.25, 0.3) is 0 Å². The highest BCUT2D eigenvalue weighted by atomic mass is 19.1. The van der Waals surface area contributed by atoms with Gasteiger partial charge in [0, 0.05) is 31.8 Å². The van der Waals surface area contributed by atoms with E-state index in [-0.39, 0.29) is 5.70 Å². The van der Waals surface area contributed by atoms with Crippen molar-refractivity contribution >= 4 is 0 Å². The van der Waals surface area contributed by atoms with Crippen molar-refractivity contribution in [2.75, 3.05) is 39.5 Å². The molecular formula is C10H15FN2O3. The summed E-state index contributed by atoms with van der Waals surface area (Å²) in [5.41, 5.74) is -0.198. The Morgan fingerprint density at radius 1 is 1.50 bits per heavy atom. The van der Waals surface area contributed by atoms with Gasteiger partial charge in [0.05, 0.1) is 18.1 Å². The van der Waals surface area contributed by atoms with Crippen LogP contribution in [0.3, 0.4) is 0 Å². The number of alkyl halides is 1. The van der Waals surface area contributed by atoms with Gasteiger partial charge in [-0.1, -0.05) is 6.08 Å². The van der Waals surface area contributed by atoms with E-state index in [2.05, 4.69) is 4.90 Å². The van der Waals surface area contributed by atoms with Gasteiger partial charge in [0.15, 0.2) is 0 Å². The molecule has 1 rings (SSSR count). The quantitative estimate of drug-likeness (QED) is 0.402. The third-order valence-corrected chi connectivity index (χ3v) is 2.25. The van der Waals surface area contributed by atoms with Crippen molar-refractivity contribution in [2.45, 2.75) is 0 Å². The maximum Gasteiger partial charge on any atom is 0.267 e. The van der Waals surface area contributed by atoms with Gasteiger partial charge in [-0.25, -0.2) is 4.39 Å². The van der Waals surface area contributed by atoms with Crippen molar-refractivity contribution in [1.82, 2.24) is 4.90 Å². The Bertz CT molecular complexity index is 286. The van der Waals surface area contributed by atoms with Crippen LogP contribution in [0, 0.1) is 10.1 Å². The van der Waals surface area contributed by atoms with E-state index in [1.807, 2.05) is 0 Å². The van der Waals surface area contributed by atoms with E-state index in [4.69, 9.17) is 4.74 Å². The lowest BCUT2D eigenvalue weighted by atomic mass is 10.3. The van der Waals surface area contributed by atoms with Gasteiger partial charge < -0.3 is 4.74 Å². The van der Waals surface area contributed by atoms with Crippen molar-refractivity contribution < 1.29 is 14.1 Å². The number of nitro groups is 1. The minimum Gasteiger partial charge on any atom is -0.379 e. The highest BCUT2D eigenvalue weighted by Crippen LogP contribution is 2.01. The van der Waals surface area contributed by atoms with Crippen LogP contribution in [0.2, 0.25) is 0 Å². The highest BCUT2D eigenvalue weighted by molar-refractivity contribution is 5.11. The lowest BCUT2D eigenvalue weighted by Crippen LogP contribution is -2.36. The molecule has 1 aliphatic rings. The van der Waals surface area contributed by atoms with Gasteiger partial charge in [-0.2, -0.15) is 0 Å². The van der Waals surface area contributed by atoms with Crippen molar-refractivity contribution in [1.29, 1.82) is 0 Å². The fourth-order valence-corrected chi connectivity index (χ4v) is 1.39. The number of halogens is 1. The van der Waals surface area contributed by atoms with Crippen LogP contribution >= 0.6 is 0 Å². The number of nitrogens with zero attached hydrogens (tertiary/aromatic N) is 2. The second-order valence-corrected chi connectivity index (χ2v) is 3.36. The van der Waals surface area contributed by atoms with Gasteiger partial charge in [0.1, 0.15) is 6.67 Å². The van der Waals surface area contributed by atoms with Gasteiger partial charge in [0.25, 0.3) is 5.70 Å². The molecule has 90 valence electrons. The molecule has 0 bridgehead atoms. The SMILES string of the molecule is O=[N+]([O-])C(/C=C\CN1CCOCC1)=C/CF. The number of hydrogen-bond acceptors (Lipinski definition) is 4. The predicted molar refractivity (Wildman–Crippen MR) is 57.5 cm³/mol. The molecule has 6 heteroatoms. The normalized spacial score (nSPS) is 19.2. The van der Waals surface area contributed by atoms with Gasteiger partial charge in [-0.05, 0) is 0 Å². The summed E-state index contributed by atoms with van der Waals surface area (Å²) in [7, 11) is 0. The predicted octanol–water partition coefficient (Wildman–Crippen LogP) is 1.00. The van der Waals surface area contributed by atoms with E-state index < -0.39 is 11.6 Å². The molecule has 0 aromatic heterocycles. The Kier molecular flexibility index (Phi) is 5.66. The van der Waals surface area contributed by atoms with Crippen molar-refractivity contribution in [3.05, 3.63) is 34.0 Å². The van der Waals surface area contributed by atoms with Crippen LogP contribution in [-0.2, 0) is 4.74 Å². The Labute approximate surface area is 93.3 Å². The first kappa shape index (κ1) is 12.8. The van der Waals surface area contributed by atoms with Crippen LogP contribution in [0.5, 0.6) is 0 Å². The van der Waals surface area contributed by atoms with Crippen molar-refractivity contribution in [2.24, 2.45) is 0 Å². The zero-order chi connectivity index (χ0) is 11.8. The Balaban J connectivity index is 2.39. The van der Waals surface area contributed by atoms with E-state index in [0.29, 0.717) is 19.8 Å². The maximum absolute atomic E-state index is 11.9. The highest BCUT2D eigenvalue weighted by Gasteiger charge is 2.09.